The molecule has 0 aromatic heterocycles. The minimum atomic E-state index is -0.522. The summed E-state index contributed by atoms with van der Waals surface area (Å²) in [6.45, 7) is 3.10. The number of ketones is 1. The van der Waals surface area contributed by atoms with Crippen LogP contribution in [-0.4, -0.2) is 10.7 Å². The summed E-state index contributed by atoms with van der Waals surface area (Å²) >= 11 is 1.93. The summed E-state index contributed by atoms with van der Waals surface area (Å²) in [5.41, 5.74) is 0.870. The van der Waals surface area contributed by atoms with Gasteiger partial charge in [0.1, 0.15) is 5.56 Å². The van der Waals surface area contributed by atoms with E-state index in [0.29, 0.717) is 3.57 Å². The van der Waals surface area contributed by atoms with Crippen molar-refractivity contribution in [1.82, 2.24) is 0 Å². The lowest BCUT2D eigenvalue weighted by Crippen LogP contribution is -2.03. The number of Topliss-reactive ketones (excluding diaryl/α,β-unsaturated/α-hetero) is 1. The van der Waals surface area contributed by atoms with Crippen molar-refractivity contribution in [2.75, 3.05) is 0 Å². The molecule has 1 aromatic carbocycles. The fourth-order valence-electron chi connectivity index (χ4n) is 1.22. The molecule has 0 bridgehead atoms. The molecule has 5 heteroatoms. The molecule has 0 radical (unpaired) electrons. The van der Waals surface area contributed by atoms with Gasteiger partial charge in [-0.25, -0.2) is 0 Å². The van der Waals surface area contributed by atoms with Crippen LogP contribution in [0.1, 0.15) is 22.8 Å². The van der Waals surface area contributed by atoms with Gasteiger partial charge in [0.25, 0.3) is 5.69 Å². The van der Waals surface area contributed by atoms with Crippen LogP contribution in [-0.2, 0) is 0 Å². The Morgan fingerprint density at radius 1 is 1.50 bits per heavy atom. The van der Waals surface area contributed by atoms with Gasteiger partial charge in [-0.3, -0.25) is 14.9 Å². The summed E-state index contributed by atoms with van der Waals surface area (Å²) in [6.07, 6.45) is 0. The highest BCUT2D eigenvalue weighted by Crippen LogP contribution is 2.26. The van der Waals surface area contributed by atoms with Crippen LogP contribution in [0.2, 0.25) is 0 Å². The Morgan fingerprint density at radius 2 is 2.07 bits per heavy atom. The molecule has 0 aliphatic carbocycles. The lowest BCUT2D eigenvalue weighted by Gasteiger charge is -2.03. The zero-order valence-corrected chi connectivity index (χ0v) is 9.86. The molecule has 0 N–H and O–H groups in total. The highest BCUT2D eigenvalue weighted by Gasteiger charge is 2.20. The Labute approximate surface area is 94.6 Å². The zero-order valence-electron chi connectivity index (χ0n) is 7.70. The Hall–Kier alpha value is -0.980. The van der Waals surface area contributed by atoms with E-state index >= 15 is 0 Å². The van der Waals surface area contributed by atoms with Crippen LogP contribution in [0.15, 0.2) is 12.1 Å². The van der Waals surface area contributed by atoms with Gasteiger partial charge in [-0.05, 0) is 48.1 Å². The van der Waals surface area contributed by atoms with E-state index in [0.717, 1.165) is 5.56 Å². The molecule has 0 spiro atoms. The standard InChI is InChI=1S/C9H8INO3/c1-5-3-7(10)9(6(2)12)8(4-5)11(13)14/h3-4H,1-2H3. The van der Waals surface area contributed by atoms with E-state index in [1.54, 1.807) is 13.0 Å². The molecule has 14 heavy (non-hydrogen) atoms. The van der Waals surface area contributed by atoms with Gasteiger partial charge in [-0.1, -0.05) is 0 Å². The first-order valence-electron chi connectivity index (χ1n) is 3.89. The number of rotatable bonds is 2. The maximum absolute atomic E-state index is 11.2. The van der Waals surface area contributed by atoms with Crippen molar-refractivity contribution in [3.8, 4) is 0 Å². The molecule has 0 saturated carbocycles. The van der Waals surface area contributed by atoms with E-state index in [2.05, 4.69) is 0 Å². The Morgan fingerprint density at radius 3 is 2.50 bits per heavy atom. The van der Waals surface area contributed by atoms with Gasteiger partial charge in [0.05, 0.1) is 4.92 Å². The van der Waals surface area contributed by atoms with Crippen LogP contribution in [0.25, 0.3) is 0 Å². The highest BCUT2D eigenvalue weighted by atomic mass is 127. The molecule has 1 rings (SSSR count). The number of nitro benzene ring substituents is 1. The van der Waals surface area contributed by atoms with Crippen molar-refractivity contribution in [2.45, 2.75) is 13.8 Å². The van der Waals surface area contributed by atoms with Crippen molar-refractivity contribution < 1.29 is 9.72 Å². The van der Waals surface area contributed by atoms with Crippen molar-refractivity contribution >= 4 is 34.1 Å². The molecule has 0 amide bonds. The fraction of sp³-hybridized carbons (Fsp3) is 0.222. The molecule has 0 unspecified atom stereocenters. The van der Waals surface area contributed by atoms with Crippen molar-refractivity contribution in [3.05, 3.63) is 36.9 Å². The van der Waals surface area contributed by atoms with Crippen LogP contribution in [0.3, 0.4) is 0 Å². The predicted molar refractivity (Wildman–Crippen MR) is 60.6 cm³/mol. The molecule has 0 fully saturated rings. The normalized spacial score (nSPS) is 9.93. The van der Waals surface area contributed by atoms with Gasteiger partial charge < -0.3 is 0 Å². The number of carbonyl (C=O) groups is 1. The minimum absolute atomic E-state index is 0.109. The van der Waals surface area contributed by atoms with Gasteiger partial charge in [0, 0.05) is 9.64 Å². The Kier molecular flexibility index (Phi) is 3.20. The van der Waals surface area contributed by atoms with E-state index in [4.69, 9.17) is 0 Å². The Bertz CT molecular complexity index is 415. The monoisotopic (exact) mass is 305 g/mol. The predicted octanol–water partition coefficient (Wildman–Crippen LogP) is 2.71. The number of nitro groups is 1. The molecule has 4 nitrogen and oxygen atoms in total. The van der Waals surface area contributed by atoms with E-state index in [1.807, 2.05) is 22.6 Å². The largest absolute Gasteiger partial charge is 0.294 e. The third-order valence-corrected chi connectivity index (χ3v) is 2.61. The summed E-state index contributed by atoms with van der Waals surface area (Å²) in [4.78, 5) is 21.4. The molecular weight excluding hydrogens is 297 g/mol. The summed E-state index contributed by atoms with van der Waals surface area (Å²) in [7, 11) is 0. The van der Waals surface area contributed by atoms with Crippen molar-refractivity contribution in [1.29, 1.82) is 0 Å². The first-order chi connectivity index (χ1) is 6.43. The first-order valence-corrected chi connectivity index (χ1v) is 4.97. The topological polar surface area (TPSA) is 60.2 Å². The number of hydrogen-bond donors (Lipinski definition) is 0. The second-order valence-corrected chi connectivity index (χ2v) is 4.12. The van der Waals surface area contributed by atoms with Crippen molar-refractivity contribution in [2.24, 2.45) is 0 Å². The summed E-state index contributed by atoms with van der Waals surface area (Å²) in [6, 6.07) is 3.17. The lowest BCUT2D eigenvalue weighted by molar-refractivity contribution is -0.385. The smallest absolute Gasteiger partial charge is 0.281 e. The lowest BCUT2D eigenvalue weighted by atomic mass is 10.1. The maximum Gasteiger partial charge on any atom is 0.281 e. The number of aryl methyl sites for hydroxylation is 1. The second kappa shape index (κ2) is 4.04. The van der Waals surface area contributed by atoms with Crippen LogP contribution in [0.4, 0.5) is 5.69 Å². The minimum Gasteiger partial charge on any atom is -0.294 e. The Balaban J connectivity index is 3.52. The van der Waals surface area contributed by atoms with Gasteiger partial charge in [-0.2, -0.15) is 0 Å². The maximum atomic E-state index is 11.2. The number of benzene rings is 1. The van der Waals surface area contributed by atoms with E-state index in [-0.39, 0.29) is 17.0 Å². The van der Waals surface area contributed by atoms with Crippen LogP contribution >= 0.6 is 22.6 Å². The molecule has 1 aromatic rings. The van der Waals surface area contributed by atoms with Crippen molar-refractivity contribution in [3.63, 3.8) is 0 Å². The summed E-state index contributed by atoms with van der Waals surface area (Å²) in [5.74, 6) is -0.277. The van der Waals surface area contributed by atoms with Gasteiger partial charge in [0.2, 0.25) is 0 Å². The first kappa shape index (κ1) is 11.1. The zero-order chi connectivity index (χ0) is 10.9. The number of carbonyl (C=O) groups excluding carboxylic acids is 1. The number of halogens is 1. The second-order valence-electron chi connectivity index (χ2n) is 2.95. The van der Waals surface area contributed by atoms with Gasteiger partial charge in [0.15, 0.2) is 5.78 Å². The fourth-order valence-corrected chi connectivity index (χ4v) is 2.36. The SMILES string of the molecule is CC(=O)c1c(I)cc(C)cc1[N+](=O)[O-]. The van der Waals surface area contributed by atoms with Gasteiger partial charge >= 0.3 is 0 Å². The average molecular weight is 305 g/mol. The third kappa shape index (κ3) is 2.09. The number of nitrogens with zero attached hydrogens (tertiary/aromatic N) is 1. The quantitative estimate of drug-likeness (QED) is 0.365. The molecule has 0 aliphatic heterocycles. The third-order valence-electron chi connectivity index (χ3n) is 1.76. The van der Waals surface area contributed by atoms with E-state index in [1.165, 1.54) is 13.0 Å². The molecule has 0 atom stereocenters. The summed E-state index contributed by atoms with van der Waals surface area (Å²) in [5, 5.41) is 10.7. The highest BCUT2D eigenvalue weighted by molar-refractivity contribution is 14.1. The summed E-state index contributed by atoms with van der Waals surface area (Å²) < 4.78 is 0.627. The molecule has 0 heterocycles. The molecule has 0 aliphatic rings. The van der Waals surface area contributed by atoms with Crippen LogP contribution in [0, 0.1) is 20.6 Å². The molecule has 74 valence electrons. The number of hydrogen-bond acceptors (Lipinski definition) is 3. The molecule has 0 saturated heterocycles. The average Bonchev–Trinajstić information content (AvgIpc) is 2.01. The van der Waals surface area contributed by atoms with Crippen LogP contribution in [0.5, 0.6) is 0 Å². The molecular formula is C9H8INO3. The van der Waals surface area contributed by atoms with E-state index < -0.39 is 4.92 Å². The van der Waals surface area contributed by atoms with Gasteiger partial charge in [-0.15, -0.1) is 0 Å². The van der Waals surface area contributed by atoms with E-state index in [9.17, 15) is 14.9 Å². The van der Waals surface area contributed by atoms with Crippen LogP contribution < -0.4 is 0 Å².